The van der Waals surface area contributed by atoms with E-state index in [1.165, 1.54) is 10.9 Å². The Hall–Kier alpha value is -2.74. The molecular formula is C4H8N6O8. The van der Waals surface area contributed by atoms with Gasteiger partial charge >= 0.3 is 0 Å². The van der Waals surface area contributed by atoms with Crippen LogP contribution in [0.4, 0.5) is 0 Å². The number of carbonyl (C=O) groups is 2. The highest BCUT2D eigenvalue weighted by Gasteiger charge is 2.39. The Morgan fingerprint density at radius 2 is 1.22 bits per heavy atom. The largest absolute Gasteiger partial charge is 0.298 e. The molecular weight excluding hydrogens is 260 g/mol. The maximum absolute atomic E-state index is 11.1. The van der Waals surface area contributed by atoms with E-state index in [1.54, 1.807) is 0 Å². The molecule has 0 rings (SSSR count). The predicted molar refractivity (Wildman–Crippen MR) is 48.4 cm³/mol. The topological polar surface area (TPSA) is 215 Å². The number of nitrogens with two attached hydrogens (primary N) is 2. The van der Waals surface area contributed by atoms with Crippen molar-refractivity contribution in [2.75, 3.05) is 0 Å². The lowest BCUT2D eigenvalue weighted by molar-refractivity contribution is -0.792. The summed E-state index contributed by atoms with van der Waals surface area (Å²) in [6, 6.07) is 0. The van der Waals surface area contributed by atoms with E-state index in [9.17, 15) is 29.8 Å². The number of hydrogen-bond donors (Lipinski definition) is 4. The van der Waals surface area contributed by atoms with Crippen molar-refractivity contribution in [3.63, 3.8) is 0 Å². The number of nitrogens with one attached hydrogen (secondary N) is 2. The van der Waals surface area contributed by atoms with Crippen LogP contribution in [0.5, 0.6) is 0 Å². The number of hydrogen-bond acceptors (Lipinski definition) is 10. The first kappa shape index (κ1) is 15.3. The van der Waals surface area contributed by atoms with Crippen molar-refractivity contribution >= 4 is 11.8 Å². The van der Waals surface area contributed by atoms with Gasteiger partial charge in [0.05, 0.1) is 0 Å². The van der Waals surface area contributed by atoms with Gasteiger partial charge in [-0.15, -0.1) is 20.2 Å². The Labute approximate surface area is 97.3 Å². The van der Waals surface area contributed by atoms with Crippen LogP contribution >= 0.6 is 0 Å². The van der Waals surface area contributed by atoms with Gasteiger partial charge in [0.1, 0.15) is 0 Å². The molecule has 14 nitrogen and oxygen atoms in total. The van der Waals surface area contributed by atoms with Gasteiger partial charge in [0.2, 0.25) is 12.2 Å². The zero-order valence-electron chi connectivity index (χ0n) is 8.47. The Morgan fingerprint density at radius 1 is 0.944 bits per heavy atom. The standard InChI is InChI=1S/C4H8N6O8/c5-7-3(11)1(17-9(13)14)2(4(12)8-6)18-10(15)16/h1-2H,5-6H2,(H,7,11)(H,8,12)/t1-,2+. The van der Waals surface area contributed by atoms with Gasteiger partial charge in [-0.2, -0.15) is 0 Å². The van der Waals surface area contributed by atoms with Gasteiger partial charge < -0.3 is 0 Å². The molecule has 0 unspecified atom stereocenters. The second kappa shape index (κ2) is 6.76. The molecule has 18 heavy (non-hydrogen) atoms. The van der Waals surface area contributed by atoms with Crippen molar-refractivity contribution < 1.29 is 29.4 Å². The smallest absolute Gasteiger partial charge is 0.295 e. The molecule has 0 radical (unpaired) electrons. The summed E-state index contributed by atoms with van der Waals surface area (Å²) in [6.07, 6.45) is -4.61. The number of carbonyl (C=O) groups excluding carboxylic acids is 2. The molecule has 2 amide bonds. The van der Waals surface area contributed by atoms with E-state index in [2.05, 4.69) is 21.4 Å². The van der Waals surface area contributed by atoms with E-state index >= 15 is 0 Å². The summed E-state index contributed by atoms with van der Waals surface area (Å²) in [5.41, 5.74) is 2.82. The lowest BCUT2D eigenvalue weighted by atomic mass is 10.2. The fourth-order valence-corrected chi connectivity index (χ4v) is 0.831. The van der Waals surface area contributed by atoms with Gasteiger partial charge in [0.15, 0.2) is 0 Å². The van der Waals surface area contributed by atoms with Gasteiger partial charge in [0.25, 0.3) is 22.0 Å². The molecule has 6 N–H and O–H groups in total. The monoisotopic (exact) mass is 268 g/mol. The third-order valence-electron chi connectivity index (χ3n) is 1.48. The second-order valence-electron chi connectivity index (χ2n) is 2.52. The van der Waals surface area contributed by atoms with Crippen LogP contribution in [0.15, 0.2) is 0 Å². The zero-order valence-corrected chi connectivity index (χ0v) is 8.47. The molecule has 0 spiro atoms. The van der Waals surface area contributed by atoms with Crippen molar-refractivity contribution in [1.29, 1.82) is 0 Å². The maximum Gasteiger partial charge on any atom is 0.295 e. The van der Waals surface area contributed by atoms with Crippen LogP contribution in [0, 0.1) is 20.2 Å². The van der Waals surface area contributed by atoms with Crippen LogP contribution in [0.2, 0.25) is 0 Å². The summed E-state index contributed by atoms with van der Waals surface area (Å²) in [5.74, 6) is 6.54. The van der Waals surface area contributed by atoms with Gasteiger partial charge in [-0.05, 0) is 0 Å². The molecule has 102 valence electrons. The molecule has 0 aliphatic rings. The van der Waals surface area contributed by atoms with E-state index in [0.29, 0.717) is 0 Å². The molecule has 0 aromatic rings. The van der Waals surface area contributed by atoms with Gasteiger partial charge in [0, 0.05) is 0 Å². The third kappa shape index (κ3) is 4.41. The van der Waals surface area contributed by atoms with Crippen molar-refractivity contribution in [2.24, 2.45) is 11.7 Å². The lowest BCUT2D eigenvalue weighted by Crippen LogP contribution is -2.55. The number of hydrazine groups is 2. The summed E-state index contributed by atoms with van der Waals surface area (Å²) in [5, 5.41) is 17.3. The minimum Gasteiger partial charge on any atom is -0.298 e. The number of rotatable bonds is 7. The second-order valence-corrected chi connectivity index (χ2v) is 2.52. The summed E-state index contributed by atoms with van der Waals surface area (Å²) in [6.45, 7) is 0. The lowest BCUT2D eigenvalue weighted by Gasteiger charge is -2.20. The average Bonchev–Trinajstić information content (AvgIpc) is 2.30. The quantitative estimate of drug-likeness (QED) is 0.152. The fraction of sp³-hybridized carbons (Fsp3) is 0.500. The first-order valence-electron chi connectivity index (χ1n) is 3.96. The molecule has 0 aromatic carbocycles. The molecule has 0 fully saturated rings. The normalized spacial score (nSPS) is 12.8. The molecule has 0 heterocycles. The Balaban J connectivity index is 5.17. The first-order valence-corrected chi connectivity index (χ1v) is 3.96. The summed E-state index contributed by atoms with van der Waals surface area (Å²) in [4.78, 5) is 50.0. The molecule has 0 aliphatic heterocycles. The van der Waals surface area contributed by atoms with Gasteiger partial charge in [-0.1, -0.05) is 0 Å². The minimum atomic E-state index is -2.31. The molecule has 0 saturated heterocycles. The van der Waals surface area contributed by atoms with Crippen LogP contribution in [-0.4, -0.2) is 34.2 Å². The maximum atomic E-state index is 11.1. The summed E-state index contributed by atoms with van der Waals surface area (Å²) < 4.78 is 0. The van der Waals surface area contributed by atoms with E-state index < -0.39 is 34.2 Å². The number of nitrogens with zero attached hydrogens (tertiary/aromatic N) is 2. The zero-order chi connectivity index (χ0) is 14.3. The molecule has 0 saturated carbocycles. The Morgan fingerprint density at radius 3 is 1.39 bits per heavy atom. The third-order valence-corrected chi connectivity index (χ3v) is 1.48. The molecule has 0 aliphatic carbocycles. The van der Waals surface area contributed by atoms with Crippen LogP contribution in [-0.2, 0) is 19.3 Å². The summed E-state index contributed by atoms with van der Waals surface area (Å²) in [7, 11) is 0. The van der Waals surface area contributed by atoms with Gasteiger partial charge in [-0.3, -0.25) is 30.1 Å². The van der Waals surface area contributed by atoms with Crippen LogP contribution in [0.25, 0.3) is 0 Å². The van der Waals surface area contributed by atoms with Crippen LogP contribution in [0.3, 0.4) is 0 Å². The highest BCUT2D eigenvalue weighted by molar-refractivity contribution is 5.90. The summed E-state index contributed by atoms with van der Waals surface area (Å²) >= 11 is 0. The van der Waals surface area contributed by atoms with Crippen LogP contribution in [0.1, 0.15) is 0 Å². The molecule has 2 atom stereocenters. The molecule has 14 heteroatoms. The Kier molecular flexibility index (Phi) is 5.73. The van der Waals surface area contributed by atoms with E-state index in [4.69, 9.17) is 0 Å². The van der Waals surface area contributed by atoms with E-state index in [1.807, 2.05) is 0 Å². The SMILES string of the molecule is NNC(=O)[C@@H](O[N+](=O)[O-])[C@@H](O[N+](=O)[O-])C(=O)NN. The van der Waals surface area contributed by atoms with Crippen LogP contribution < -0.4 is 22.5 Å². The van der Waals surface area contributed by atoms with Crippen molar-refractivity contribution in [3.05, 3.63) is 20.2 Å². The predicted octanol–water partition coefficient (Wildman–Crippen LogP) is -3.88. The first-order chi connectivity index (χ1) is 8.33. The number of amides is 2. The van der Waals surface area contributed by atoms with Crippen molar-refractivity contribution in [2.45, 2.75) is 12.2 Å². The van der Waals surface area contributed by atoms with Gasteiger partial charge in [-0.25, -0.2) is 11.7 Å². The highest BCUT2D eigenvalue weighted by Crippen LogP contribution is 2.06. The fourth-order valence-electron chi connectivity index (χ4n) is 0.831. The van der Waals surface area contributed by atoms with Crippen molar-refractivity contribution in [3.8, 4) is 0 Å². The van der Waals surface area contributed by atoms with E-state index in [-0.39, 0.29) is 0 Å². The highest BCUT2D eigenvalue weighted by atomic mass is 17.0. The van der Waals surface area contributed by atoms with Crippen molar-refractivity contribution in [1.82, 2.24) is 10.9 Å². The average molecular weight is 268 g/mol. The molecule has 0 bridgehead atoms. The minimum absolute atomic E-state index is 1.40. The Bertz CT molecular complexity index is 323. The van der Waals surface area contributed by atoms with E-state index in [0.717, 1.165) is 0 Å². The molecule has 0 aromatic heterocycles.